The normalized spacial score (nSPS) is 9.56. The summed E-state index contributed by atoms with van der Waals surface area (Å²) in [6, 6.07) is 4.90. The third-order valence-electron chi connectivity index (χ3n) is 2.92. The van der Waals surface area contributed by atoms with E-state index < -0.39 is 53.9 Å². The number of nitrogens with two attached hydrogens (primary N) is 1. The van der Waals surface area contributed by atoms with Gasteiger partial charge in [0.15, 0.2) is 0 Å². The van der Waals surface area contributed by atoms with Gasteiger partial charge < -0.3 is 9.94 Å². The fourth-order valence-electron chi connectivity index (χ4n) is 1.82. The molecule has 2 aromatic rings. The average molecular weight is 383 g/mol. The van der Waals surface area contributed by atoms with Gasteiger partial charge in [-0.1, -0.05) is 0 Å². The first kappa shape index (κ1) is 20.8. The van der Waals surface area contributed by atoms with Crippen molar-refractivity contribution in [3.8, 4) is 11.5 Å². The van der Waals surface area contributed by atoms with Crippen molar-refractivity contribution in [3.63, 3.8) is 0 Å². The SMILES string of the molecule is NO.O=[N+]([O-])c1ccc(Oc2ccc([N+](=O)[O-])cc2[N+](=O)[O-])c([N+](=O)[O-])c1. The fourth-order valence-corrected chi connectivity index (χ4v) is 1.82. The first-order valence-electron chi connectivity index (χ1n) is 6.50. The molecule has 0 atom stereocenters. The monoisotopic (exact) mass is 383 g/mol. The molecule has 15 heteroatoms. The van der Waals surface area contributed by atoms with Crippen LogP contribution in [-0.4, -0.2) is 24.9 Å². The number of rotatable bonds is 6. The van der Waals surface area contributed by atoms with Gasteiger partial charge in [0.05, 0.1) is 31.8 Å². The molecule has 2 aromatic carbocycles. The lowest BCUT2D eigenvalue weighted by atomic mass is 10.2. The lowest BCUT2D eigenvalue weighted by molar-refractivity contribution is -0.395. The molecule has 0 saturated heterocycles. The molecule has 15 nitrogen and oxygen atoms in total. The molecule has 0 radical (unpaired) electrons. The van der Waals surface area contributed by atoms with Gasteiger partial charge in [0, 0.05) is 12.1 Å². The van der Waals surface area contributed by atoms with E-state index in [4.69, 9.17) is 9.94 Å². The summed E-state index contributed by atoms with van der Waals surface area (Å²) in [4.78, 5) is 39.8. The van der Waals surface area contributed by atoms with Crippen molar-refractivity contribution in [2.24, 2.45) is 5.90 Å². The van der Waals surface area contributed by atoms with Crippen LogP contribution in [0.15, 0.2) is 36.4 Å². The Hall–Kier alpha value is -4.24. The smallest absolute Gasteiger partial charge is 0.318 e. The Labute approximate surface area is 147 Å². The molecule has 0 aromatic heterocycles. The number of ether oxygens (including phenoxy) is 1. The molecule has 2 rings (SSSR count). The molecule has 27 heavy (non-hydrogen) atoms. The van der Waals surface area contributed by atoms with Crippen LogP contribution >= 0.6 is 0 Å². The maximum atomic E-state index is 11.0. The predicted molar refractivity (Wildman–Crippen MR) is 85.5 cm³/mol. The lowest BCUT2D eigenvalue weighted by Crippen LogP contribution is -1.99. The van der Waals surface area contributed by atoms with Crippen LogP contribution in [0.1, 0.15) is 0 Å². The van der Waals surface area contributed by atoms with E-state index in [1.54, 1.807) is 0 Å². The van der Waals surface area contributed by atoms with Crippen LogP contribution in [0.3, 0.4) is 0 Å². The molecule has 0 saturated carbocycles. The zero-order chi connectivity index (χ0) is 20.7. The van der Waals surface area contributed by atoms with Crippen molar-refractivity contribution in [1.29, 1.82) is 0 Å². The van der Waals surface area contributed by atoms with Crippen molar-refractivity contribution < 1.29 is 29.6 Å². The van der Waals surface area contributed by atoms with Crippen molar-refractivity contribution >= 4 is 22.7 Å². The summed E-state index contributed by atoms with van der Waals surface area (Å²) < 4.78 is 5.10. The number of nitro groups is 4. The first-order chi connectivity index (χ1) is 12.7. The molecule has 0 amide bonds. The maximum absolute atomic E-state index is 11.0. The van der Waals surface area contributed by atoms with Gasteiger partial charge in [-0.2, -0.15) is 0 Å². The molecule has 0 unspecified atom stereocenters. The second-order valence-electron chi connectivity index (χ2n) is 4.43. The molecule has 142 valence electrons. The molecule has 0 aliphatic carbocycles. The van der Waals surface area contributed by atoms with Gasteiger partial charge in [-0.25, -0.2) is 5.90 Å². The minimum Gasteiger partial charge on any atom is -0.443 e. The van der Waals surface area contributed by atoms with E-state index in [0.717, 1.165) is 24.3 Å². The number of benzene rings is 2. The predicted octanol–water partition coefficient (Wildman–Crippen LogP) is 2.45. The molecule has 3 N–H and O–H groups in total. The summed E-state index contributed by atoms with van der Waals surface area (Å²) in [6.45, 7) is 0. The molecular weight excluding hydrogens is 374 g/mol. The van der Waals surface area contributed by atoms with Gasteiger partial charge in [0.25, 0.3) is 11.4 Å². The molecular formula is C12H9N5O10. The Morgan fingerprint density at radius 3 is 1.26 bits per heavy atom. The van der Waals surface area contributed by atoms with E-state index in [2.05, 4.69) is 5.90 Å². The zero-order valence-corrected chi connectivity index (χ0v) is 13.0. The second kappa shape index (κ2) is 8.74. The van der Waals surface area contributed by atoms with Gasteiger partial charge in [-0.05, 0) is 12.1 Å². The van der Waals surface area contributed by atoms with Gasteiger partial charge in [0.2, 0.25) is 11.5 Å². The standard InChI is InChI=1S/C12H6N4O9.H3NO/c17-13(18)7-1-3-11(9(5-7)15(21)22)25-12-4-2-8(14(19)20)6-10(12)16(23)24;1-2/h1-6H;2H,1H2. The average Bonchev–Trinajstić information content (AvgIpc) is 2.63. The third-order valence-corrected chi connectivity index (χ3v) is 2.92. The van der Waals surface area contributed by atoms with Crippen LogP contribution in [-0.2, 0) is 0 Å². The summed E-state index contributed by atoms with van der Waals surface area (Å²) in [5.41, 5.74) is -2.72. The van der Waals surface area contributed by atoms with Gasteiger partial charge in [-0.3, -0.25) is 40.5 Å². The van der Waals surface area contributed by atoms with Gasteiger partial charge in [-0.15, -0.1) is 0 Å². The van der Waals surface area contributed by atoms with Crippen molar-refractivity contribution in [3.05, 3.63) is 76.9 Å². The highest BCUT2D eigenvalue weighted by Gasteiger charge is 2.26. The van der Waals surface area contributed by atoms with E-state index in [9.17, 15) is 40.5 Å². The number of nitrogens with zero attached hydrogens (tertiary/aromatic N) is 4. The van der Waals surface area contributed by atoms with Gasteiger partial charge >= 0.3 is 11.4 Å². The number of hydrogen-bond acceptors (Lipinski definition) is 11. The van der Waals surface area contributed by atoms with Gasteiger partial charge in [0.1, 0.15) is 0 Å². The Balaban J connectivity index is 0.00000176. The fraction of sp³-hybridized carbons (Fsp3) is 0. The Kier molecular flexibility index (Phi) is 6.73. The summed E-state index contributed by atoms with van der Waals surface area (Å²) >= 11 is 0. The molecule has 0 bridgehead atoms. The lowest BCUT2D eigenvalue weighted by Gasteiger charge is -2.06. The Bertz CT molecular complexity index is 842. The van der Waals surface area contributed by atoms with Crippen LogP contribution in [0.25, 0.3) is 0 Å². The van der Waals surface area contributed by atoms with E-state index >= 15 is 0 Å². The summed E-state index contributed by atoms with van der Waals surface area (Å²) in [5, 5.41) is 49.9. The molecule has 0 aliphatic heterocycles. The molecule has 0 aliphatic rings. The van der Waals surface area contributed by atoms with Crippen LogP contribution in [0.4, 0.5) is 22.7 Å². The van der Waals surface area contributed by atoms with E-state index in [-0.39, 0.29) is 0 Å². The van der Waals surface area contributed by atoms with E-state index in [1.165, 1.54) is 0 Å². The highest BCUT2D eigenvalue weighted by atomic mass is 16.6. The van der Waals surface area contributed by atoms with Crippen molar-refractivity contribution in [2.75, 3.05) is 0 Å². The Morgan fingerprint density at radius 1 is 0.667 bits per heavy atom. The number of nitro benzene ring substituents is 4. The first-order valence-corrected chi connectivity index (χ1v) is 6.50. The van der Waals surface area contributed by atoms with Crippen LogP contribution < -0.4 is 10.6 Å². The second-order valence-corrected chi connectivity index (χ2v) is 4.43. The van der Waals surface area contributed by atoms with Crippen molar-refractivity contribution in [1.82, 2.24) is 0 Å². The van der Waals surface area contributed by atoms with E-state index in [1.807, 2.05) is 0 Å². The van der Waals surface area contributed by atoms with Crippen LogP contribution in [0.5, 0.6) is 11.5 Å². The minimum atomic E-state index is -0.959. The highest BCUT2D eigenvalue weighted by Crippen LogP contribution is 2.39. The number of non-ortho nitro benzene ring substituents is 2. The van der Waals surface area contributed by atoms with E-state index in [0.29, 0.717) is 12.1 Å². The maximum Gasteiger partial charge on any atom is 0.318 e. The molecule has 0 spiro atoms. The third kappa shape index (κ3) is 4.87. The van der Waals surface area contributed by atoms with Crippen LogP contribution in [0, 0.1) is 40.5 Å². The summed E-state index contributed by atoms with van der Waals surface area (Å²) in [5.74, 6) is 2.51. The quantitative estimate of drug-likeness (QED) is 0.543. The zero-order valence-electron chi connectivity index (χ0n) is 13.0. The highest BCUT2D eigenvalue weighted by molar-refractivity contribution is 5.59. The number of hydrogen-bond donors (Lipinski definition) is 2. The summed E-state index contributed by atoms with van der Waals surface area (Å²) in [6.07, 6.45) is 0. The summed E-state index contributed by atoms with van der Waals surface area (Å²) in [7, 11) is 0. The largest absolute Gasteiger partial charge is 0.443 e. The minimum absolute atomic E-state index is 0.493. The molecule has 0 heterocycles. The van der Waals surface area contributed by atoms with Crippen LogP contribution in [0.2, 0.25) is 0 Å². The van der Waals surface area contributed by atoms with Crippen molar-refractivity contribution in [2.45, 2.75) is 0 Å². The Morgan fingerprint density at radius 2 is 1.00 bits per heavy atom. The topological polar surface area (TPSA) is 228 Å². The molecule has 0 fully saturated rings.